The number of phenolic OH excluding ortho intramolecular Hbond substituents is 1. The number of benzene rings is 1. The number of hydrogen-bond acceptors (Lipinski definition) is 3. The van der Waals surface area contributed by atoms with Gasteiger partial charge in [0.1, 0.15) is 5.75 Å². The van der Waals surface area contributed by atoms with E-state index in [4.69, 9.17) is 5.11 Å². The van der Waals surface area contributed by atoms with Crippen molar-refractivity contribution in [2.45, 2.75) is 26.7 Å². The Balaban J connectivity index is 2.54. The number of aryl methyl sites for hydroxylation is 1. The average molecular weight is 251 g/mol. The second-order valence-electron chi connectivity index (χ2n) is 4.46. The molecule has 1 rings (SSSR count). The maximum absolute atomic E-state index is 11.6. The Kier molecular flexibility index (Phi) is 4.71. The van der Waals surface area contributed by atoms with E-state index in [1.807, 2.05) is 0 Å². The van der Waals surface area contributed by atoms with Crippen molar-refractivity contribution in [1.29, 1.82) is 0 Å². The molecular formula is C13H17NO4. The molecule has 0 aliphatic rings. The molecule has 0 aliphatic heterocycles. The number of rotatable bonds is 5. The van der Waals surface area contributed by atoms with Crippen molar-refractivity contribution < 1.29 is 19.8 Å². The monoisotopic (exact) mass is 251 g/mol. The van der Waals surface area contributed by atoms with E-state index in [0.29, 0.717) is 5.69 Å². The van der Waals surface area contributed by atoms with E-state index in [1.54, 1.807) is 26.0 Å². The highest BCUT2D eigenvalue weighted by Gasteiger charge is 2.13. The lowest BCUT2D eigenvalue weighted by molar-refractivity contribution is -0.138. The predicted molar refractivity (Wildman–Crippen MR) is 67.5 cm³/mol. The van der Waals surface area contributed by atoms with Gasteiger partial charge in [-0.15, -0.1) is 0 Å². The number of hydrogen-bond donors (Lipinski definition) is 3. The fourth-order valence-electron chi connectivity index (χ4n) is 1.59. The summed E-state index contributed by atoms with van der Waals surface area (Å²) >= 11 is 0. The van der Waals surface area contributed by atoms with Crippen LogP contribution in [0.1, 0.15) is 25.3 Å². The Bertz CT molecular complexity index is 456. The third kappa shape index (κ3) is 4.45. The molecule has 1 aromatic carbocycles. The Hall–Kier alpha value is -2.04. The zero-order valence-electron chi connectivity index (χ0n) is 10.4. The molecule has 0 aromatic heterocycles. The summed E-state index contributed by atoms with van der Waals surface area (Å²) in [6, 6.07) is 4.86. The molecule has 0 aliphatic carbocycles. The van der Waals surface area contributed by atoms with Crippen LogP contribution in [0.25, 0.3) is 0 Å². The second-order valence-corrected chi connectivity index (χ2v) is 4.46. The molecule has 0 saturated heterocycles. The molecule has 0 radical (unpaired) electrons. The zero-order valence-corrected chi connectivity index (χ0v) is 10.4. The molecule has 1 atom stereocenters. The summed E-state index contributed by atoms with van der Waals surface area (Å²) in [6.07, 6.45) is 0.105. The van der Waals surface area contributed by atoms with Crippen molar-refractivity contribution in [3.63, 3.8) is 0 Å². The van der Waals surface area contributed by atoms with E-state index in [2.05, 4.69) is 5.32 Å². The van der Waals surface area contributed by atoms with Gasteiger partial charge < -0.3 is 15.5 Å². The Labute approximate surface area is 105 Å². The van der Waals surface area contributed by atoms with E-state index in [-0.39, 0.29) is 30.4 Å². The highest BCUT2D eigenvalue weighted by molar-refractivity contribution is 5.91. The van der Waals surface area contributed by atoms with Crippen LogP contribution in [-0.2, 0) is 9.59 Å². The summed E-state index contributed by atoms with van der Waals surface area (Å²) in [5.41, 5.74) is 1.23. The second kappa shape index (κ2) is 6.05. The predicted octanol–water partition coefficient (Wildman–Crippen LogP) is 2.14. The average Bonchev–Trinajstić information content (AvgIpc) is 2.21. The SMILES string of the molecule is Cc1ccc(NC(=O)CC(C)CC(=O)O)cc1O. The summed E-state index contributed by atoms with van der Waals surface area (Å²) in [7, 11) is 0. The van der Waals surface area contributed by atoms with Crippen LogP contribution in [0.15, 0.2) is 18.2 Å². The fraction of sp³-hybridized carbons (Fsp3) is 0.385. The molecule has 0 bridgehead atoms. The van der Waals surface area contributed by atoms with Gasteiger partial charge in [0, 0.05) is 24.6 Å². The van der Waals surface area contributed by atoms with Crippen LogP contribution in [0.5, 0.6) is 5.75 Å². The molecule has 3 N–H and O–H groups in total. The molecule has 5 heteroatoms. The number of carboxylic acids is 1. The van der Waals surface area contributed by atoms with Crippen molar-refractivity contribution in [3.8, 4) is 5.75 Å². The molecule has 0 heterocycles. The van der Waals surface area contributed by atoms with Crippen molar-refractivity contribution >= 4 is 17.6 Å². The van der Waals surface area contributed by atoms with E-state index in [9.17, 15) is 14.7 Å². The van der Waals surface area contributed by atoms with Crippen LogP contribution in [0.3, 0.4) is 0 Å². The number of carbonyl (C=O) groups excluding carboxylic acids is 1. The summed E-state index contributed by atoms with van der Waals surface area (Å²) in [5.74, 6) is -1.27. The topological polar surface area (TPSA) is 86.6 Å². The van der Waals surface area contributed by atoms with Crippen LogP contribution in [-0.4, -0.2) is 22.1 Å². The van der Waals surface area contributed by atoms with Gasteiger partial charge in [-0.05, 0) is 24.5 Å². The number of aromatic hydroxyl groups is 1. The van der Waals surface area contributed by atoms with Crippen molar-refractivity contribution in [1.82, 2.24) is 0 Å². The van der Waals surface area contributed by atoms with Gasteiger partial charge in [-0.25, -0.2) is 0 Å². The summed E-state index contributed by atoms with van der Waals surface area (Å²) in [5, 5.41) is 20.7. The maximum atomic E-state index is 11.6. The molecular weight excluding hydrogens is 234 g/mol. The summed E-state index contributed by atoms with van der Waals surface area (Å²) < 4.78 is 0. The normalized spacial score (nSPS) is 11.9. The first-order chi connectivity index (χ1) is 8.38. The van der Waals surface area contributed by atoms with Gasteiger partial charge in [-0.1, -0.05) is 13.0 Å². The molecule has 0 saturated carbocycles. The quantitative estimate of drug-likeness (QED) is 0.748. The highest BCUT2D eigenvalue weighted by atomic mass is 16.4. The van der Waals surface area contributed by atoms with Crippen molar-refractivity contribution in [3.05, 3.63) is 23.8 Å². The first-order valence-corrected chi connectivity index (χ1v) is 5.69. The number of carboxylic acid groups (broad SMARTS) is 1. The first kappa shape index (κ1) is 14.0. The van der Waals surface area contributed by atoms with Gasteiger partial charge >= 0.3 is 5.97 Å². The largest absolute Gasteiger partial charge is 0.508 e. The molecule has 0 fully saturated rings. The van der Waals surface area contributed by atoms with Gasteiger partial charge in [0.25, 0.3) is 0 Å². The number of carbonyl (C=O) groups is 2. The minimum atomic E-state index is -0.914. The van der Waals surface area contributed by atoms with Crippen molar-refractivity contribution in [2.75, 3.05) is 5.32 Å². The molecule has 1 unspecified atom stereocenters. The van der Waals surface area contributed by atoms with E-state index >= 15 is 0 Å². The Morgan fingerprint density at radius 2 is 2.00 bits per heavy atom. The summed E-state index contributed by atoms with van der Waals surface area (Å²) in [6.45, 7) is 3.47. The smallest absolute Gasteiger partial charge is 0.303 e. The van der Waals surface area contributed by atoms with Crippen LogP contribution in [0.2, 0.25) is 0 Å². The number of anilines is 1. The van der Waals surface area contributed by atoms with Crippen molar-refractivity contribution in [2.24, 2.45) is 5.92 Å². The summed E-state index contributed by atoms with van der Waals surface area (Å²) in [4.78, 5) is 22.1. The van der Waals surface area contributed by atoms with Gasteiger partial charge in [0.15, 0.2) is 0 Å². The van der Waals surface area contributed by atoms with Crippen LogP contribution >= 0.6 is 0 Å². The minimum absolute atomic E-state index is 0.0352. The minimum Gasteiger partial charge on any atom is -0.508 e. The third-order valence-corrected chi connectivity index (χ3v) is 2.55. The van der Waals surface area contributed by atoms with Crippen LogP contribution < -0.4 is 5.32 Å². The molecule has 5 nitrogen and oxygen atoms in total. The van der Waals surface area contributed by atoms with Crippen LogP contribution in [0.4, 0.5) is 5.69 Å². The van der Waals surface area contributed by atoms with Gasteiger partial charge in [-0.3, -0.25) is 9.59 Å². The molecule has 1 amide bonds. The molecule has 18 heavy (non-hydrogen) atoms. The van der Waals surface area contributed by atoms with E-state index in [0.717, 1.165) is 5.56 Å². The number of aliphatic carboxylic acids is 1. The van der Waals surface area contributed by atoms with Gasteiger partial charge in [0.2, 0.25) is 5.91 Å². The molecule has 0 spiro atoms. The molecule has 1 aromatic rings. The first-order valence-electron chi connectivity index (χ1n) is 5.69. The number of amides is 1. The Morgan fingerprint density at radius 1 is 1.33 bits per heavy atom. The number of phenols is 1. The lowest BCUT2D eigenvalue weighted by Gasteiger charge is -2.10. The maximum Gasteiger partial charge on any atom is 0.303 e. The van der Waals surface area contributed by atoms with E-state index < -0.39 is 5.97 Å². The van der Waals surface area contributed by atoms with Crippen LogP contribution in [0, 0.1) is 12.8 Å². The number of nitrogens with one attached hydrogen (secondary N) is 1. The Morgan fingerprint density at radius 3 is 2.56 bits per heavy atom. The standard InChI is InChI=1S/C13H17NO4/c1-8(6-13(17)18)5-12(16)14-10-4-3-9(2)11(15)7-10/h3-4,7-8,15H,5-6H2,1-2H3,(H,14,16)(H,17,18). The highest BCUT2D eigenvalue weighted by Crippen LogP contribution is 2.21. The third-order valence-electron chi connectivity index (χ3n) is 2.55. The van der Waals surface area contributed by atoms with Gasteiger partial charge in [0.05, 0.1) is 0 Å². The zero-order chi connectivity index (χ0) is 13.7. The lowest BCUT2D eigenvalue weighted by atomic mass is 10.0. The molecule has 98 valence electrons. The lowest BCUT2D eigenvalue weighted by Crippen LogP contribution is -2.16. The van der Waals surface area contributed by atoms with Gasteiger partial charge in [-0.2, -0.15) is 0 Å². The van der Waals surface area contributed by atoms with E-state index in [1.165, 1.54) is 6.07 Å². The fourth-order valence-corrected chi connectivity index (χ4v) is 1.59.